The fraction of sp³-hybridized carbons (Fsp3) is 0.227. The molecule has 1 aliphatic rings. The fourth-order valence-corrected chi connectivity index (χ4v) is 4.98. The van der Waals surface area contributed by atoms with E-state index in [1.165, 1.54) is 9.71 Å². The summed E-state index contributed by atoms with van der Waals surface area (Å²) in [6.45, 7) is 1.53. The minimum absolute atomic E-state index is 0.0852. The molecule has 5 heteroatoms. The lowest BCUT2D eigenvalue weighted by Crippen LogP contribution is -2.38. The molecule has 1 saturated heterocycles. The van der Waals surface area contributed by atoms with Crippen molar-refractivity contribution in [2.45, 2.75) is 18.8 Å². The number of fused-ring (bicyclic) bond motifs is 2. The Hall–Kier alpha value is -2.79. The summed E-state index contributed by atoms with van der Waals surface area (Å²) in [5, 5.41) is 2.21. The predicted octanol–water partition coefficient (Wildman–Crippen LogP) is 4.86. The molecule has 5 rings (SSSR count). The maximum atomic E-state index is 13.1. The lowest BCUT2D eigenvalue weighted by Gasteiger charge is -2.31. The first-order valence-corrected chi connectivity index (χ1v) is 10.1. The molecule has 2 aromatic carbocycles. The van der Waals surface area contributed by atoms with E-state index >= 15 is 0 Å². The highest BCUT2D eigenvalue weighted by molar-refractivity contribution is 7.18. The predicted molar refractivity (Wildman–Crippen MR) is 109 cm³/mol. The summed E-state index contributed by atoms with van der Waals surface area (Å²) in [7, 11) is 0. The number of carbonyl (C=O) groups excluding carboxylic acids is 1. The van der Waals surface area contributed by atoms with Gasteiger partial charge in [-0.05, 0) is 37.1 Å². The molecule has 0 saturated carbocycles. The van der Waals surface area contributed by atoms with Gasteiger partial charge in [-0.25, -0.2) is 4.98 Å². The van der Waals surface area contributed by atoms with Crippen LogP contribution in [0.1, 0.15) is 34.1 Å². The number of hydrogen-bond acceptors (Lipinski definition) is 4. The summed E-state index contributed by atoms with van der Waals surface area (Å²) in [5.41, 5.74) is 2.57. The van der Waals surface area contributed by atoms with E-state index in [-0.39, 0.29) is 5.91 Å². The van der Waals surface area contributed by atoms with Crippen LogP contribution in [-0.4, -0.2) is 33.9 Å². The largest absolute Gasteiger partial charge is 0.339 e. The molecule has 134 valence electrons. The SMILES string of the molecule is O=C(c1cccc2cccnc12)N1CCC(c2nc3ccccc3s2)CC1. The van der Waals surface area contributed by atoms with Crippen LogP contribution in [-0.2, 0) is 0 Å². The van der Waals surface area contributed by atoms with Crippen LogP contribution in [0.3, 0.4) is 0 Å². The Kier molecular flexibility index (Phi) is 4.09. The van der Waals surface area contributed by atoms with Gasteiger partial charge in [-0.2, -0.15) is 0 Å². The molecule has 4 aromatic rings. The quantitative estimate of drug-likeness (QED) is 0.504. The molecule has 0 spiro atoms. The van der Waals surface area contributed by atoms with Crippen LogP contribution in [0.4, 0.5) is 0 Å². The van der Waals surface area contributed by atoms with Crippen molar-refractivity contribution in [3.05, 3.63) is 71.4 Å². The number of benzene rings is 2. The molecule has 1 amide bonds. The zero-order valence-corrected chi connectivity index (χ0v) is 15.7. The van der Waals surface area contributed by atoms with Gasteiger partial charge >= 0.3 is 0 Å². The van der Waals surface area contributed by atoms with Gasteiger partial charge in [-0.15, -0.1) is 11.3 Å². The van der Waals surface area contributed by atoms with Crippen molar-refractivity contribution in [3.8, 4) is 0 Å². The van der Waals surface area contributed by atoms with Crippen LogP contribution in [0.15, 0.2) is 60.8 Å². The molecule has 4 nitrogen and oxygen atoms in total. The first-order valence-electron chi connectivity index (χ1n) is 9.28. The Morgan fingerprint density at radius 2 is 1.81 bits per heavy atom. The summed E-state index contributed by atoms with van der Waals surface area (Å²) in [6, 6.07) is 18.0. The van der Waals surface area contributed by atoms with E-state index in [0.717, 1.165) is 42.4 Å². The summed E-state index contributed by atoms with van der Waals surface area (Å²) >= 11 is 1.79. The molecule has 0 bridgehead atoms. The zero-order valence-electron chi connectivity index (χ0n) is 14.8. The van der Waals surface area contributed by atoms with E-state index in [1.54, 1.807) is 17.5 Å². The number of rotatable bonds is 2. The van der Waals surface area contributed by atoms with Crippen LogP contribution >= 0.6 is 11.3 Å². The van der Waals surface area contributed by atoms with Crippen LogP contribution in [0.2, 0.25) is 0 Å². The Labute approximate surface area is 161 Å². The van der Waals surface area contributed by atoms with Gasteiger partial charge in [-0.3, -0.25) is 9.78 Å². The second-order valence-electron chi connectivity index (χ2n) is 6.97. The lowest BCUT2D eigenvalue weighted by atomic mass is 9.96. The number of thiazole rings is 1. The smallest absolute Gasteiger partial charge is 0.256 e. The average molecular weight is 373 g/mol. The van der Waals surface area contributed by atoms with E-state index in [9.17, 15) is 4.79 Å². The second kappa shape index (κ2) is 6.74. The van der Waals surface area contributed by atoms with Crippen molar-refractivity contribution in [1.29, 1.82) is 0 Å². The molecule has 0 aliphatic carbocycles. The summed E-state index contributed by atoms with van der Waals surface area (Å²) in [6.07, 6.45) is 3.67. The van der Waals surface area contributed by atoms with Gasteiger partial charge in [0.2, 0.25) is 0 Å². The highest BCUT2D eigenvalue weighted by Gasteiger charge is 2.27. The van der Waals surface area contributed by atoms with Crippen molar-refractivity contribution in [2.75, 3.05) is 13.1 Å². The number of nitrogens with zero attached hydrogens (tertiary/aromatic N) is 3. The zero-order chi connectivity index (χ0) is 18.2. The third kappa shape index (κ3) is 2.98. The standard InChI is InChI=1S/C22H19N3OS/c26-22(17-7-3-5-15-6-4-12-23-20(15)17)25-13-10-16(11-14-25)21-24-18-8-1-2-9-19(18)27-21/h1-9,12,16H,10-11,13-14H2. The number of carbonyl (C=O) groups is 1. The second-order valence-corrected chi connectivity index (χ2v) is 8.03. The Bertz CT molecular complexity index is 1090. The number of aromatic nitrogens is 2. The van der Waals surface area contributed by atoms with E-state index in [2.05, 4.69) is 23.2 Å². The van der Waals surface area contributed by atoms with Gasteiger partial charge in [0.1, 0.15) is 0 Å². The number of hydrogen-bond donors (Lipinski definition) is 0. The maximum absolute atomic E-state index is 13.1. The molecular weight excluding hydrogens is 354 g/mol. The topological polar surface area (TPSA) is 46.1 Å². The molecule has 0 N–H and O–H groups in total. The van der Waals surface area contributed by atoms with Crippen molar-refractivity contribution in [3.63, 3.8) is 0 Å². The summed E-state index contributed by atoms with van der Waals surface area (Å²) in [5.74, 6) is 0.527. The van der Waals surface area contributed by atoms with E-state index in [1.807, 2.05) is 41.3 Å². The summed E-state index contributed by atoms with van der Waals surface area (Å²) < 4.78 is 1.24. The molecule has 1 fully saturated rings. The molecule has 27 heavy (non-hydrogen) atoms. The minimum atomic E-state index is 0.0852. The Morgan fingerprint density at radius 1 is 1.00 bits per heavy atom. The van der Waals surface area contributed by atoms with E-state index in [4.69, 9.17) is 4.98 Å². The monoisotopic (exact) mass is 373 g/mol. The molecule has 0 unspecified atom stereocenters. The van der Waals surface area contributed by atoms with Crippen molar-refractivity contribution >= 4 is 38.4 Å². The van der Waals surface area contributed by atoms with Crippen molar-refractivity contribution in [2.24, 2.45) is 0 Å². The van der Waals surface area contributed by atoms with Crippen LogP contribution in [0, 0.1) is 0 Å². The third-order valence-electron chi connectivity index (χ3n) is 5.30. The third-order valence-corrected chi connectivity index (χ3v) is 6.50. The Balaban J connectivity index is 1.34. The molecule has 2 aromatic heterocycles. The molecule has 0 radical (unpaired) electrons. The highest BCUT2D eigenvalue weighted by Crippen LogP contribution is 2.34. The fourth-order valence-electron chi connectivity index (χ4n) is 3.84. The normalized spacial score (nSPS) is 15.5. The lowest BCUT2D eigenvalue weighted by molar-refractivity contribution is 0.0715. The minimum Gasteiger partial charge on any atom is -0.339 e. The van der Waals surface area contributed by atoms with Gasteiger partial charge < -0.3 is 4.90 Å². The molecule has 3 heterocycles. The number of piperidine rings is 1. The molecule has 0 atom stereocenters. The van der Waals surface area contributed by atoms with Crippen molar-refractivity contribution in [1.82, 2.24) is 14.9 Å². The van der Waals surface area contributed by atoms with Gasteiger partial charge in [0, 0.05) is 30.6 Å². The maximum Gasteiger partial charge on any atom is 0.256 e. The number of para-hydroxylation sites is 2. The molecule has 1 aliphatic heterocycles. The number of pyridine rings is 1. The number of amides is 1. The first kappa shape index (κ1) is 16.4. The van der Waals surface area contributed by atoms with Gasteiger partial charge in [0.25, 0.3) is 5.91 Å². The Morgan fingerprint density at radius 3 is 2.67 bits per heavy atom. The van der Waals surface area contributed by atoms with Crippen LogP contribution in [0.25, 0.3) is 21.1 Å². The van der Waals surface area contributed by atoms with E-state index < -0.39 is 0 Å². The van der Waals surface area contributed by atoms with E-state index in [0.29, 0.717) is 11.5 Å². The van der Waals surface area contributed by atoms with Gasteiger partial charge in [0.05, 0.1) is 26.3 Å². The highest BCUT2D eigenvalue weighted by atomic mass is 32.1. The first-order chi connectivity index (χ1) is 13.3. The summed E-state index contributed by atoms with van der Waals surface area (Å²) in [4.78, 5) is 24.3. The van der Waals surface area contributed by atoms with Crippen molar-refractivity contribution < 1.29 is 4.79 Å². The molecular formula is C22H19N3OS. The van der Waals surface area contributed by atoms with Crippen LogP contribution < -0.4 is 0 Å². The van der Waals surface area contributed by atoms with Crippen LogP contribution in [0.5, 0.6) is 0 Å². The number of likely N-dealkylation sites (tertiary alicyclic amines) is 1. The van der Waals surface area contributed by atoms with Gasteiger partial charge in [-0.1, -0.05) is 30.3 Å². The van der Waals surface area contributed by atoms with Gasteiger partial charge in [0.15, 0.2) is 0 Å². The average Bonchev–Trinajstić information content (AvgIpc) is 3.17.